The molecule has 3 N–H and O–H groups in total. The average Bonchev–Trinajstić information content (AvgIpc) is 2.00. The van der Waals surface area contributed by atoms with Crippen LogP contribution >= 0.6 is 0 Å². The number of aliphatic carboxylic acids is 1. The summed E-state index contributed by atoms with van der Waals surface area (Å²) in [5, 5.41) is 20.2. The van der Waals surface area contributed by atoms with Gasteiger partial charge in [-0.2, -0.15) is 0 Å². The Balaban J connectivity index is 3.75. The van der Waals surface area contributed by atoms with Gasteiger partial charge in [-0.15, -0.1) is 0 Å². The Labute approximate surface area is 72.6 Å². The summed E-state index contributed by atoms with van der Waals surface area (Å²) in [4.78, 5) is 10.4. The van der Waals surface area contributed by atoms with Crippen LogP contribution in [0.5, 0.6) is 0 Å². The van der Waals surface area contributed by atoms with Crippen LogP contribution < -0.4 is 5.32 Å². The zero-order valence-corrected chi connectivity index (χ0v) is 7.79. The van der Waals surface area contributed by atoms with Gasteiger partial charge in [-0.1, -0.05) is 13.8 Å². The molecule has 1 atom stereocenters. The molecule has 0 saturated heterocycles. The van der Waals surface area contributed by atoms with Gasteiger partial charge in [0.1, 0.15) is 6.04 Å². The van der Waals surface area contributed by atoms with Gasteiger partial charge in [0.15, 0.2) is 0 Å². The van der Waals surface area contributed by atoms with Gasteiger partial charge in [0.25, 0.3) is 0 Å². The molecule has 0 amide bonds. The fourth-order valence-electron chi connectivity index (χ4n) is 0.573. The van der Waals surface area contributed by atoms with E-state index in [4.69, 9.17) is 10.2 Å². The molecule has 0 aromatic carbocycles. The van der Waals surface area contributed by atoms with Crippen molar-refractivity contribution in [1.82, 2.24) is 5.32 Å². The summed E-state index contributed by atoms with van der Waals surface area (Å²) in [7, 11) is 0. The average molecular weight is 175 g/mol. The van der Waals surface area contributed by atoms with Crippen LogP contribution in [0.3, 0.4) is 0 Å². The van der Waals surface area contributed by atoms with E-state index in [1.165, 1.54) is 0 Å². The molecule has 1 unspecified atom stereocenters. The van der Waals surface area contributed by atoms with Gasteiger partial charge in [-0.25, -0.2) is 0 Å². The molecule has 72 valence electrons. The summed E-state index contributed by atoms with van der Waals surface area (Å²) in [5.74, 6) is -0.872. The van der Waals surface area contributed by atoms with Crippen molar-refractivity contribution in [3.63, 3.8) is 0 Å². The zero-order chi connectivity index (χ0) is 9.78. The van der Waals surface area contributed by atoms with Crippen LogP contribution in [0, 0.1) is 5.41 Å². The molecule has 0 heterocycles. The number of aliphatic hydroxyl groups is 1. The highest BCUT2D eigenvalue weighted by Crippen LogP contribution is 2.11. The minimum absolute atomic E-state index is 0.0480. The molecule has 4 heteroatoms. The summed E-state index contributed by atoms with van der Waals surface area (Å²) < 4.78 is 0. The number of hydrogen-bond donors (Lipinski definition) is 3. The van der Waals surface area contributed by atoms with Crippen LogP contribution in [0.2, 0.25) is 0 Å². The zero-order valence-electron chi connectivity index (χ0n) is 7.79. The molecule has 0 radical (unpaired) electrons. The molecule has 0 rings (SSSR count). The number of carboxylic acid groups (broad SMARTS) is 1. The molecule has 0 aromatic rings. The lowest BCUT2D eigenvalue weighted by Gasteiger charge is -2.23. The maximum Gasteiger partial charge on any atom is 0.320 e. The summed E-state index contributed by atoms with van der Waals surface area (Å²) in [5.41, 5.74) is -0.260. The number of aliphatic hydroxyl groups excluding tert-OH is 1. The number of hydrogen-bond acceptors (Lipinski definition) is 3. The number of carboxylic acids is 1. The normalized spacial score (nSPS) is 14.3. The van der Waals surface area contributed by atoms with Crippen molar-refractivity contribution in [1.29, 1.82) is 0 Å². The highest BCUT2D eigenvalue weighted by Gasteiger charge is 2.19. The predicted molar refractivity (Wildman–Crippen MR) is 46.0 cm³/mol. The van der Waals surface area contributed by atoms with Gasteiger partial charge in [0.05, 0.1) is 0 Å². The predicted octanol–water partition coefficient (Wildman–Crippen LogP) is 0.0676. The Morgan fingerprint density at radius 2 is 2.08 bits per heavy atom. The number of carbonyl (C=O) groups is 1. The second-order valence-electron chi connectivity index (χ2n) is 3.76. The second-order valence-corrected chi connectivity index (χ2v) is 3.76. The van der Waals surface area contributed by atoms with E-state index in [1.54, 1.807) is 6.92 Å². The standard InChI is InChI=1S/C8H17NO3/c1-6(7(11)12)9-4-8(2,3)5-10/h6,9-10H,4-5H2,1-3H3,(H,11,12). The van der Waals surface area contributed by atoms with Crippen LogP contribution in [0.15, 0.2) is 0 Å². The SMILES string of the molecule is CC(NCC(C)(C)CO)C(=O)O. The second kappa shape index (κ2) is 4.42. The Hall–Kier alpha value is -0.610. The summed E-state index contributed by atoms with van der Waals surface area (Å²) in [6.45, 7) is 5.86. The fraction of sp³-hybridized carbons (Fsp3) is 0.875. The Morgan fingerprint density at radius 3 is 2.42 bits per heavy atom. The van der Waals surface area contributed by atoms with E-state index in [-0.39, 0.29) is 12.0 Å². The smallest absolute Gasteiger partial charge is 0.320 e. The molecule has 12 heavy (non-hydrogen) atoms. The Morgan fingerprint density at radius 1 is 1.58 bits per heavy atom. The van der Waals surface area contributed by atoms with Crippen LogP contribution in [0.1, 0.15) is 20.8 Å². The lowest BCUT2D eigenvalue weighted by atomic mass is 9.95. The monoisotopic (exact) mass is 175 g/mol. The lowest BCUT2D eigenvalue weighted by Crippen LogP contribution is -2.41. The number of rotatable bonds is 5. The molecular weight excluding hydrogens is 158 g/mol. The van der Waals surface area contributed by atoms with Crippen molar-refractivity contribution in [3.05, 3.63) is 0 Å². The molecule has 0 bridgehead atoms. The first-order chi connectivity index (χ1) is 5.39. The van der Waals surface area contributed by atoms with Crippen molar-refractivity contribution in [3.8, 4) is 0 Å². The summed E-state index contributed by atoms with van der Waals surface area (Å²) in [6, 6.07) is -0.559. The molecule has 0 aromatic heterocycles. The van der Waals surface area contributed by atoms with E-state index in [2.05, 4.69) is 5.32 Å². The first-order valence-electron chi connectivity index (χ1n) is 3.96. The van der Waals surface area contributed by atoms with Gasteiger partial charge in [-0.3, -0.25) is 4.79 Å². The maximum atomic E-state index is 10.4. The van der Waals surface area contributed by atoms with Gasteiger partial charge in [0.2, 0.25) is 0 Å². The third-order valence-corrected chi connectivity index (χ3v) is 1.69. The first-order valence-corrected chi connectivity index (χ1v) is 3.96. The van der Waals surface area contributed by atoms with Crippen molar-refractivity contribution in [2.45, 2.75) is 26.8 Å². The molecule has 0 fully saturated rings. The van der Waals surface area contributed by atoms with Crippen molar-refractivity contribution in [2.24, 2.45) is 5.41 Å². The third-order valence-electron chi connectivity index (χ3n) is 1.69. The van der Waals surface area contributed by atoms with E-state index >= 15 is 0 Å². The van der Waals surface area contributed by atoms with E-state index in [0.29, 0.717) is 6.54 Å². The first kappa shape index (κ1) is 11.4. The largest absolute Gasteiger partial charge is 0.480 e. The maximum absolute atomic E-state index is 10.4. The van der Waals surface area contributed by atoms with Gasteiger partial charge in [0, 0.05) is 18.6 Å². The van der Waals surface area contributed by atoms with E-state index in [9.17, 15) is 4.79 Å². The van der Waals surface area contributed by atoms with Crippen LogP contribution in [-0.4, -0.2) is 35.4 Å². The van der Waals surface area contributed by atoms with Crippen molar-refractivity contribution in [2.75, 3.05) is 13.2 Å². The Kier molecular flexibility index (Phi) is 4.20. The molecule has 0 aliphatic carbocycles. The highest BCUT2D eigenvalue weighted by atomic mass is 16.4. The minimum Gasteiger partial charge on any atom is -0.480 e. The molecule has 0 aliphatic heterocycles. The molecule has 0 spiro atoms. The minimum atomic E-state index is -0.872. The van der Waals surface area contributed by atoms with Gasteiger partial charge in [-0.05, 0) is 6.92 Å². The highest BCUT2D eigenvalue weighted by molar-refractivity contribution is 5.72. The molecule has 0 saturated carbocycles. The fourth-order valence-corrected chi connectivity index (χ4v) is 0.573. The quantitative estimate of drug-likeness (QED) is 0.553. The van der Waals surface area contributed by atoms with Gasteiger partial charge < -0.3 is 15.5 Å². The van der Waals surface area contributed by atoms with E-state index in [1.807, 2.05) is 13.8 Å². The number of nitrogens with one attached hydrogen (secondary N) is 1. The topological polar surface area (TPSA) is 69.6 Å². The lowest BCUT2D eigenvalue weighted by molar-refractivity contribution is -0.139. The van der Waals surface area contributed by atoms with E-state index in [0.717, 1.165) is 0 Å². The molecule has 4 nitrogen and oxygen atoms in total. The summed E-state index contributed by atoms with van der Waals surface area (Å²) >= 11 is 0. The Bertz CT molecular complexity index is 156. The van der Waals surface area contributed by atoms with Crippen molar-refractivity contribution < 1.29 is 15.0 Å². The van der Waals surface area contributed by atoms with Crippen LogP contribution in [0.25, 0.3) is 0 Å². The van der Waals surface area contributed by atoms with Gasteiger partial charge >= 0.3 is 5.97 Å². The molecule has 0 aliphatic rings. The summed E-state index contributed by atoms with van der Waals surface area (Å²) in [6.07, 6.45) is 0. The molecular formula is C8H17NO3. The van der Waals surface area contributed by atoms with Crippen molar-refractivity contribution >= 4 is 5.97 Å². The van der Waals surface area contributed by atoms with Crippen LogP contribution in [-0.2, 0) is 4.79 Å². The van der Waals surface area contributed by atoms with E-state index < -0.39 is 12.0 Å². The van der Waals surface area contributed by atoms with Crippen LogP contribution in [0.4, 0.5) is 0 Å². The third kappa shape index (κ3) is 4.31.